The second kappa shape index (κ2) is 7.15. The molecule has 1 heterocycles. The lowest BCUT2D eigenvalue weighted by Crippen LogP contribution is -2.24. The van der Waals surface area contributed by atoms with Gasteiger partial charge in [-0.05, 0) is 31.0 Å². The van der Waals surface area contributed by atoms with Crippen molar-refractivity contribution in [2.24, 2.45) is 0 Å². The molecule has 0 aliphatic rings. The summed E-state index contributed by atoms with van der Waals surface area (Å²) in [6.45, 7) is 8.55. The fourth-order valence-electron chi connectivity index (χ4n) is 1.80. The average Bonchev–Trinajstić information content (AvgIpc) is 2.35. The van der Waals surface area contributed by atoms with Gasteiger partial charge in [0.25, 0.3) is 0 Å². The van der Waals surface area contributed by atoms with Crippen molar-refractivity contribution in [3.05, 3.63) is 23.4 Å². The maximum atomic E-state index is 4.83. The van der Waals surface area contributed by atoms with Gasteiger partial charge in [-0.2, -0.15) is 11.8 Å². The van der Waals surface area contributed by atoms with Crippen molar-refractivity contribution in [3.8, 4) is 0 Å². The molecule has 0 fully saturated rings. The van der Waals surface area contributed by atoms with Crippen LogP contribution in [0.3, 0.4) is 0 Å². The molecule has 1 rings (SSSR count). The molecular formula is C15H27N3S. The number of aromatic nitrogens is 1. The summed E-state index contributed by atoms with van der Waals surface area (Å²) in [4.78, 5) is 7.07. The fraction of sp³-hybridized carbons (Fsp3) is 0.667. The molecule has 0 atom stereocenters. The molecule has 0 unspecified atom stereocenters. The Kier molecular flexibility index (Phi) is 6.14. The van der Waals surface area contributed by atoms with E-state index in [1.807, 2.05) is 18.8 Å². The van der Waals surface area contributed by atoms with Crippen molar-refractivity contribution in [2.45, 2.75) is 32.7 Å². The summed E-state index contributed by atoms with van der Waals surface area (Å²) in [5.41, 5.74) is 2.54. The smallest absolute Gasteiger partial charge is 0.128 e. The van der Waals surface area contributed by atoms with Crippen LogP contribution in [0.2, 0.25) is 0 Å². The minimum absolute atomic E-state index is 0.0822. The van der Waals surface area contributed by atoms with Gasteiger partial charge in [-0.3, -0.25) is 0 Å². The first-order chi connectivity index (χ1) is 8.88. The highest BCUT2D eigenvalue weighted by molar-refractivity contribution is 7.98. The number of rotatable bonds is 6. The first kappa shape index (κ1) is 16.3. The van der Waals surface area contributed by atoms with E-state index in [4.69, 9.17) is 4.98 Å². The van der Waals surface area contributed by atoms with E-state index in [1.54, 1.807) is 0 Å². The summed E-state index contributed by atoms with van der Waals surface area (Å²) in [5.74, 6) is 2.20. The molecule has 1 aromatic heterocycles. The first-order valence-electron chi connectivity index (χ1n) is 6.74. The lowest BCUT2D eigenvalue weighted by molar-refractivity contribution is 0.566. The summed E-state index contributed by atoms with van der Waals surface area (Å²) >= 11 is 1.87. The Bertz CT molecular complexity index is 399. The van der Waals surface area contributed by atoms with Gasteiger partial charge in [0, 0.05) is 37.0 Å². The third-order valence-corrected chi connectivity index (χ3v) is 3.63. The molecular weight excluding hydrogens is 254 g/mol. The molecule has 0 saturated heterocycles. The number of hydrogen-bond acceptors (Lipinski definition) is 4. The van der Waals surface area contributed by atoms with Crippen molar-refractivity contribution < 1.29 is 0 Å². The Morgan fingerprint density at radius 1 is 1.32 bits per heavy atom. The quantitative estimate of drug-likeness (QED) is 0.868. The predicted molar refractivity (Wildman–Crippen MR) is 87.4 cm³/mol. The van der Waals surface area contributed by atoms with Crippen molar-refractivity contribution >= 4 is 17.6 Å². The van der Waals surface area contributed by atoms with Crippen LogP contribution in [0.4, 0.5) is 5.82 Å². The highest BCUT2D eigenvalue weighted by atomic mass is 32.2. The average molecular weight is 281 g/mol. The first-order valence-corrected chi connectivity index (χ1v) is 8.14. The summed E-state index contributed by atoms with van der Waals surface area (Å²) in [7, 11) is 4.10. The number of hydrogen-bond donors (Lipinski definition) is 1. The van der Waals surface area contributed by atoms with E-state index in [2.05, 4.69) is 56.4 Å². The van der Waals surface area contributed by atoms with Gasteiger partial charge < -0.3 is 10.2 Å². The number of thioether (sulfide) groups is 1. The topological polar surface area (TPSA) is 28.2 Å². The Balaban J connectivity index is 3.05. The van der Waals surface area contributed by atoms with E-state index in [0.29, 0.717) is 0 Å². The zero-order valence-electron chi connectivity index (χ0n) is 13.1. The van der Waals surface area contributed by atoms with Gasteiger partial charge in [-0.15, -0.1) is 0 Å². The van der Waals surface area contributed by atoms with Crippen molar-refractivity contribution in [3.63, 3.8) is 0 Å². The normalized spacial score (nSPS) is 11.7. The monoisotopic (exact) mass is 281 g/mol. The van der Waals surface area contributed by atoms with E-state index in [1.165, 1.54) is 5.56 Å². The van der Waals surface area contributed by atoms with Gasteiger partial charge >= 0.3 is 0 Å². The zero-order valence-corrected chi connectivity index (χ0v) is 13.9. The second-order valence-corrected chi connectivity index (χ2v) is 6.90. The van der Waals surface area contributed by atoms with Crippen LogP contribution in [0, 0.1) is 0 Å². The SMILES string of the molecule is CNCc1cc(N(C)CCSC)nc(C(C)(C)C)c1. The van der Waals surface area contributed by atoms with Crippen molar-refractivity contribution in [2.75, 3.05) is 37.5 Å². The highest BCUT2D eigenvalue weighted by Crippen LogP contribution is 2.24. The summed E-state index contributed by atoms with van der Waals surface area (Å²) in [6, 6.07) is 4.40. The van der Waals surface area contributed by atoms with E-state index >= 15 is 0 Å². The molecule has 1 aromatic rings. The number of anilines is 1. The van der Waals surface area contributed by atoms with Crippen LogP contribution in [0.1, 0.15) is 32.0 Å². The lowest BCUT2D eigenvalue weighted by Gasteiger charge is -2.24. The molecule has 0 aliphatic heterocycles. The van der Waals surface area contributed by atoms with Crippen LogP contribution in [-0.4, -0.2) is 37.6 Å². The van der Waals surface area contributed by atoms with Crippen LogP contribution in [-0.2, 0) is 12.0 Å². The number of nitrogens with one attached hydrogen (secondary N) is 1. The van der Waals surface area contributed by atoms with Gasteiger partial charge in [0.2, 0.25) is 0 Å². The van der Waals surface area contributed by atoms with E-state index in [9.17, 15) is 0 Å². The van der Waals surface area contributed by atoms with Crippen LogP contribution in [0.5, 0.6) is 0 Å². The lowest BCUT2D eigenvalue weighted by atomic mass is 9.90. The Morgan fingerprint density at radius 2 is 2.00 bits per heavy atom. The van der Waals surface area contributed by atoms with Gasteiger partial charge in [0.05, 0.1) is 0 Å². The van der Waals surface area contributed by atoms with Gasteiger partial charge in [-0.1, -0.05) is 20.8 Å². The minimum atomic E-state index is 0.0822. The minimum Gasteiger partial charge on any atom is -0.359 e. The standard InChI is InChI=1S/C15H27N3S/c1-15(2,3)13-9-12(11-16-4)10-14(17-13)18(5)7-8-19-6/h9-10,16H,7-8,11H2,1-6H3. The molecule has 4 heteroatoms. The van der Waals surface area contributed by atoms with Crippen LogP contribution in [0.25, 0.3) is 0 Å². The fourth-order valence-corrected chi connectivity index (χ4v) is 2.26. The second-order valence-electron chi connectivity index (χ2n) is 5.91. The van der Waals surface area contributed by atoms with Crippen LogP contribution >= 0.6 is 11.8 Å². The van der Waals surface area contributed by atoms with E-state index < -0.39 is 0 Å². The largest absolute Gasteiger partial charge is 0.359 e. The Labute approximate surface area is 122 Å². The maximum Gasteiger partial charge on any atom is 0.128 e. The van der Waals surface area contributed by atoms with Gasteiger partial charge in [0.15, 0.2) is 0 Å². The Morgan fingerprint density at radius 3 is 2.53 bits per heavy atom. The van der Waals surface area contributed by atoms with Crippen LogP contribution in [0.15, 0.2) is 12.1 Å². The van der Waals surface area contributed by atoms with E-state index in [0.717, 1.165) is 30.4 Å². The summed E-state index contributed by atoms with van der Waals surface area (Å²) in [5, 5.41) is 3.22. The molecule has 0 aromatic carbocycles. The Hall–Kier alpha value is -0.740. The molecule has 1 N–H and O–H groups in total. The maximum absolute atomic E-state index is 4.83. The summed E-state index contributed by atoms with van der Waals surface area (Å²) in [6.07, 6.45) is 2.14. The molecule has 0 aliphatic carbocycles. The van der Waals surface area contributed by atoms with Crippen LogP contribution < -0.4 is 10.2 Å². The van der Waals surface area contributed by atoms with Gasteiger partial charge in [0.1, 0.15) is 5.82 Å². The zero-order chi connectivity index (χ0) is 14.5. The predicted octanol–water partition coefficient (Wildman–Crippen LogP) is 2.90. The van der Waals surface area contributed by atoms with Crippen molar-refractivity contribution in [1.82, 2.24) is 10.3 Å². The third-order valence-electron chi connectivity index (χ3n) is 3.04. The molecule has 3 nitrogen and oxygen atoms in total. The van der Waals surface area contributed by atoms with E-state index in [-0.39, 0.29) is 5.41 Å². The number of nitrogens with zero attached hydrogens (tertiary/aromatic N) is 2. The molecule has 0 amide bonds. The summed E-state index contributed by atoms with van der Waals surface area (Å²) < 4.78 is 0. The molecule has 0 bridgehead atoms. The number of pyridine rings is 1. The molecule has 0 radical (unpaired) electrons. The molecule has 19 heavy (non-hydrogen) atoms. The molecule has 108 valence electrons. The molecule has 0 saturated carbocycles. The molecule has 0 spiro atoms. The highest BCUT2D eigenvalue weighted by Gasteiger charge is 2.18. The third kappa shape index (κ3) is 5.03. The van der Waals surface area contributed by atoms with Gasteiger partial charge in [-0.25, -0.2) is 4.98 Å². The van der Waals surface area contributed by atoms with Crippen molar-refractivity contribution in [1.29, 1.82) is 0 Å².